The third-order valence-electron chi connectivity index (χ3n) is 2.11. The first-order valence-corrected chi connectivity index (χ1v) is 4.89. The highest BCUT2D eigenvalue weighted by Crippen LogP contribution is 2.16. The van der Waals surface area contributed by atoms with Gasteiger partial charge in [-0.15, -0.1) is 0 Å². The van der Waals surface area contributed by atoms with E-state index in [1.807, 2.05) is 6.92 Å². The van der Waals surface area contributed by atoms with Crippen molar-refractivity contribution in [3.63, 3.8) is 0 Å². The molecule has 1 aromatic rings. The second-order valence-electron chi connectivity index (χ2n) is 3.23. The standard InChI is InChI=1S/C10H15N5O/c1-3-7-8(5-4-6-13-7)15(2)10(16)14-9(11)12/h4-6H,3H2,1-2H3,(H4,11,12,14,16). The topological polar surface area (TPSA) is 95.1 Å². The van der Waals surface area contributed by atoms with E-state index in [1.54, 1.807) is 25.4 Å². The molecule has 0 saturated carbocycles. The van der Waals surface area contributed by atoms with Crippen LogP contribution in [0.1, 0.15) is 12.6 Å². The molecule has 2 amide bonds. The molecule has 1 heterocycles. The van der Waals surface area contributed by atoms with Crippen molar-refractivity contribution in [2.24, 2.45) is 5.73 Å². The zero-order valence-electron chi connectivity index (χ0n) is 9.32. The number of carbonyl (C=O) groups is 1. The monoisotopic (exact) mass is 221 g/mol. The molecule has 0 atom stereocenters. The van der Waals surface area contributed by atoms with E-state index in [0.717, 1.165) is 12.1 Å². The second kappa shape index (κ2) is 5.11. The maximum absolute atomic E-state index is 11.6. The molecular formula is C10H15N5O. The molecule has 86 valence electrons. The lowest BCUT2D eigenvalue weighted by atomic mass is 10.2. The van der Waals surface area contributed by atoms with Crippen LogP contribution in [0.2, 0.25) is 0 Å². The van der Waals surface area contributed by atoms with Gasteiger partial charge in [-0.3, -0.25) is 20.6 Å². The minimum absolute atomic E-state index is 0.376. The van der Waals surface area contributed by atoms with Gasteiger partial charge in [-0.1, -0.05) is 6.92 Å². The number of urea groups is 1. The van der Waals surface area contributed by atoms with Gasteiger partial charge in [0.2, 0.25) is 0 Å². The molecule has 0 fully saturated rings. The molecule has 16 heavy (non-hydrogen) atoms. The number of guanidine groups is 1. The highest BCUT2D eigenvalue weighted by Gasteiger charge is 2.14. The number of aryl methyl sites for hydroxylation is 1. The lowest BCUT2D eigenvalue weighted by molar-refractivity contribution is 0.251. The Kier molecular flexibility index (Phi) is 3.82. The predicted molar refractivity (Wildman–Crippen MR) is 62.5 cm³/mol. The minimum atomic E-state index is -0.449. The zero-order valence-corrected chi connectivity index (χ0v) is 9.32. The molecule has 0 bridgehead atoms. The molecule has 6 heteroatoms. The van der Waals surface area contributed by atoms with Crippen molar-refractivity contribution in [1.82, 2.24) is 10.3 Å². The minimum Gasteiger partial charge on any atom is -0.370 e. The number of nitrogens with zero attached hydrogens (tertiary/aromatic N) is 2. The quantitative estimate of drug-likeness (QED) is 0.506. The van der Waals surface area contributed by atoms with E-state index in [2.05, 4.69) is 10.3 Å². The van der Waals surface area contributed by atoms with Gasteiger partial charge >= 0.3 is 6.03 Å². The van der Waals surface area contributed by atoms with Crippen LogP contribution in [0, 0.1) is 5.41 Å². The average Bonchev–Trinajstić information content (AvgIpc) is 2.27. The Labute approximate surface area is 94.0 Å². The average molecular weight is 221 g/mol. The van der Waals surface area contributed by atoms with Gasteiger partial charge in [0.05, 0.1) is 11.4 Å². The molecule has 0 spiro atoms. The molecule has 6 nitrogen and oxygen atoms in total. The van der Waals surface area contributed by atoms with Crippen molar-refractivity contribution >= 4 is 17.7 Å². The largest absolute Gasteiger partial charge is 0.370 e. The SMILES string of the molecule is CCc1ncccc1N(C)C(=O)NC(=N)N. The Balaban J connectivity index is 2.91. The summed E-state index contributed by atoms with van der Waals surface area (Å²) in [6.45, 7) is 1.96. The van der Waals surface area contributed by atoms with Gasteiger partial charge in [0.1, 0.15) is 0 Å². The summed E-state index contributed by atoms with van der Waals surface area (Å²) < 4.78 is 0. The lowest BCUT2D eigenvalue weighted by Crippen LogP contribution is -2.44. The normalized spacial score (nSPS) is 9.62. The summed E-state index contributed by atoms with van der Waals surface area (Å²) in [5, 5.41) is 9.20. The smallest absolute Gasteiger partial charge is 0.328 e. The highest BCUT2D eigenvalue weighted by atomic mass is 16.2. The fraction of sp³-hybridized carbons (Fsp3) is 0.300. The fourth-order valence-electron chi connectivity index (χ4n) is 1.32. The summed E-state index contributed by atoms with van der Waals surface area (Å²) in [5.74, 6) is -0.376. The van der Waals surface area contributed by atoms with Gasteiger partial charge in [0.25, 0.3) is 0 Å². The summed E-state index contributed by atoms with van der Waals surface area (Å²) in [4.78, 5) is 17.1. The summed E-state index contributed by atoms with van der Waals surface area (Å²) in [6.07, 6.45) is 2.41. The van der Waals surface area contributed by atoms with E-state index in [-0.39, 0.29) is 5.96 Å². The summed E-state index contributed by atoms with van der Waals surface area (Å²) in [5.41, 5.74) is 6.62. The van der Waals surface area contributed by atoms with Crippen molar-refractivity contribution in [2.75, 3.05) is 11.9 Å². The number of aromatic nitrogens is 1. The maximum atomic E-state index is 11.6. The van der Waals surface area contributed by atoms with Crippen molar-refractivity contribution in [1.29, 1.82) is 5.41 Å². The molecule has 0 aromatic carbocycles. The van der Waals surface area contributed by atoms with Gasteiger partial charge in [0.15, 0.2) is 5.96 Å². The maximum Gasteiger partial charge on any atom is 0.328 e. The number of anilines is 1. The second-order valence-corrected chi connectivity index (χ2v) is 3.23. The van der Waals surface area contributed by atoms with Crippen LogP contribution in [0.25, 0.3) is 0 Å². The van der Waals surface area contributed by atoms with Crippen LogP contribution in [0.3, 0.4) is 0 Å². The van der Waals surface area contributed by atoms with Crippen LogP contribution in [0.15, 0.2) is 18.3 Å². The van der Waals surface area contributed by atoms with Crippen molar-refractivity contribution in [2.45, 2.75) is 13.3 Å². The van der Waals surface area contributed by atoms with Crippen LogP contribution in [-0.2, 0) is 6.42 Å². The van der Waals surface area contributed by atoms with Gasteiger partial charge in [0, 0.05) is 13.2 Å². The van der Waals surface area contributed by atoms with Crippen LogP contribution < -0.4 is 16.0 Å². The van der Waals surface area contributed by atoms with Crippen LogP contribution in [0.5, 0.6) is 0 Å². The Bertz CT molecular complexity index is 404. The molecule has 0 radical (unpaired) electrons. The number of nitrogens with one attached hydrogen (secondary N) is 2. The van der Waals surface area contributed by atoms with E-state index in [1.165, 1.54) is 4.90 Å². The number of nitrogens with two attached hydrogens (primary N) is 1. The Morgan fingerprint density at radius 2 is 2.38 bits per heavy atom. The first-order valence-electron chi connectivity index (χ1n) is 4.89. The molecule has 0 saturated heterocycles. The van der Waals surface area contributed by atoms with Crippen molar-refractivity contribution < 1.29 is 4.79 Å². The molecule has 0 unspecified atom stereocenters. The van der Waals surface area contributed by atoms with Crippen LogP contribution >= 0.6 is 0 Å². The van der Waals surface area contributed by atoms with Gasteiger partial charge in [-0.2, -0.15) is 0 Å². The number of rotatable bonds is 2. The van der Waals surface area contributed by atoms with Crippen LogP contribution in [0.4, 0.5) is 10.5 Å². The molecule has 0 aliphatic rings. The lowest BCUT2D eigenvalue weighted by Gasteiger charge is -2.19. The third-order valence-corrected chi connectivity index (χ3v) is 2.11. The van der Waals surface area contributed by atoms with E-state index < -0.39 is 6.03 Å². The fourth-order valence-corrected chi connectivity index (χ4v) is 1.32. The van der Waals surface area contributed by atoms with E-state index in [4.69, 9.17) is 11.1 Å². The molecule has 0 aliphatic heterocycles. The number of hydrogen-bond donors (Lipinski definition) is 3. The van der Waals surface area contributed by atoms with Gasteiger partial charge < -0.3 is 5.73 Å². The summed E-state index contributed by atoms with van der Waals surface area (Å²) in [6, 6.07) is 3.10. The zero-order chi connectivity index (χ0) is 12.1. The Morgan fingerprint density at radius 1 is 1.69 bits per heavy atom. The first kappa shape index (κ1) is 12.0. The van der Waals surface area contributed by atoms with Crippen LogP contribution in [-0.4, -0.2) is 24.0 Å². The Morgan fingerprint density at radius 3 is 2.94 bits per heavy atom. The number of pyridine rings is 1. The third kappa shape index (κ3) is 2.69. The summed E-state index contributed by atoms with van der Waals surface area (Å²) >= 11 is 0. The molecule has 0 aliphatic carbocycles. The molecule has 1 aromatic heterocycles. The first-order chi connectivity index (χ1) is 7.56. The van der Waals surface area contributed by atoms with E-state index in [9.17, 15) is 4.79 Å². The Hall–Kier alpha value is -2.11. The number of amides is 2. The molecular weight excluding hydrogens is 206 g/mol. The van der Waals surface area contributed by atoms with E-state index >= 15 is 0 Å². The van der Waals surface area contributed by atoms with Crippen molar-refractivity contribution in [3.05, 3.63) is 24.0 Å². The highest BCUT2D eigenvalue weighted by molar-refractivity contribution is 6.02. The van der Waals surface area contributed by atoms with Crippen molar-refractivity contribution in [3.8, 4) is 0 Å². The number of hydrogen-bond acceptors (Lipinski definition) is 3. The molecule has 1 rings (SSSR count). The molecule has 4 N–H and O–H groups in total. The van der Waals surface area contributed by atoms with Gasteiger partial charge in [-0.05, 0) is 18.6 Å². The predicted octanol–water partition coefficient (Wildman–Crippen LogP) is 0.683. The van der Waals surface area contributed by atoms with Gasteiger partial charge in [-0.25, -0.2) is 4.79 Å². The van der Waals surface area contributed by atoms with E-state index in [0.29, 0.717) is 5.69 Å². The number of carbonyl (C=O) groups excluding carboxylic acids is 1. The summed E-state index contributed by atoms with van der Waals surface area (Å²) in [7, 11) is 1.61.